The summed E-state index contributed by atoms with van der Waals surface area (Å²) in [6.07, 6.45) is 3.15. The molecule has 0 spiro atoms. The minimum absolute atomic E-state index is 0.117. The molecule has 1 aliphatic heterocycles. The zero-order valence-electron chi connectivity index (χ0n) is 31.9. The monoisotopic (exact) mass is 758 g/mol. The van der Waals surface area contributed by atoms with Crippen molar-refractivity contribution in [1.29, 1.82) is 0 Å². The van der Waals surface area contributed by atoms with Crippen LogP contribution in [0.1, 0.15) is 75.6 Å². The van der Waals surface area contributed by atoms with Crippen LogP contribution in [0.3, 0.4) is 0 Å². The number of rotatable bonds is 14. The topological polar surface area (TPSA) is 47.5 Å². The maximum atomic E-state index is 15.5. The molecule has 1 fully saturated rings. The minimum atomic E-state index is -4.59. The maximum Gasteiger partial charge on any atom is 0.416 e. The van der Waals surface area contributed by atoms with Gasteiger partial charge in [0, 0.05) is 48.7 Å². The molecule has 3 aromatic rings. The van der Waals surface area contributed by atoms with Crippen LogP contribution < -0.4 is 5.32 Å². The third kappa shape index (κ3) is 10.3. The van der Waals surface area contributed by atoms with E-state index in [1.165, 1.54) is 31.7 Å². The van der Waals surface area contributed by atoms with Gasteiger partial charge in [0.25, 0.3) is 0 Å². The van der Waals surface area contributed by atoms with Crippen LogP contribution in [0.4, 0.5) is 27.6 Å². The fourth-order valence-corrected chi connectivity index (χ4v) is 7.42. The Morgan fingerprint density at radius 2 is 1.66 bits per heavy atom. The summed E-state index contributed by atoms with van der Waals surface area (Å²) in [7, 11) is 3.70. The van der Waals surface area contributed by atoms with Gasteiger partial charge in [-0.2, -0.15) is 13.2 Å². The Kier molecular flexibility index (Phi) is 14.0. The lowest BCUT2D eigenvalue weighted by atomic mass is 9.80. The van der Waals surface area contributed by atoms with Gasteiger partial charge >= 0.3 is 6.18 Å². The van der Waals surface area contributed by atoms with E-state index in [9.17, 15) is 13.2 Å². The normalized spacial score (nSPS) is 15.5. The molecule has 6 nitrogen and oxygen atoms in total. The van der Waals surface area contributed by atoms with Crippen LogP contribution in [0.15, 0.2) is 72.7 Å². The van der Waals surface area contributed by atoms with Crippen molar-refractivity contribution in [2.45, 2.75) is 85.5 Å². The summed E-state index contributed by atoms with van der Waals surface area (Å²) in [4.78, 5) is 10.6. The number of nitrogens with one attached hydrogen (secondary N) is 1. The second-order valence-corrected chi connectivity index (χ2v) is 15.3. The summed E-state index contributed by atoms with van der Waals surface area (Å²) in [5, 5.41) is 7.16. The van der Waals surface area contributed by atoms with Gasteiger partial charge in [0.15, 0.2) is 11.6 Å². The Morgan fingerprint density at radius 1 is 1.02 bits per heavy atom. The van der Waals surface area contributed by atoms with Crippen LogP contribution in [-0.4, -0.2) is 64.7 Å². The molecule has 1 atom stereocenters. The molecular weight excluding hydrogens is 707 g/mol. The van der Waals surface area contributed by atoms with Gasteiger partial charge in [-0.05, 0) is 99.5 Å². The molecule has 53 heavy (non-hydrogen) atoms. The predicted molar refractivity (Wildman–Crippen MR) is 205 cm³/mol. The number of likely N-dealkylation sites (N-methyl/N-ethyl adjacent to an activating group) is 1. The fraction of sp³-hybridized carbons (Fsp3) is 0.463. The third-order valence-corrected chi connectivity index (χ3v) is 10.4. The average molecular weight is 759 g/mol. The second-order valence-electron chi connectivity index (χ2n) is 15.0. The highest BCUT2D eigenvalue weighted by molar-refractivity contribution is 6.30. The summed E-state index contributed by atoms with van der Waals surface area (Å²) < 4.78 is 72.3. The van der Waals surface area contributed by atoms with Crippen molar-refractivity contribution in [1.82, 2.24) is 24.9 Å². The standard InChI is InChI=1S/C41H52ClF5N6/c1-10-32(28(4)50-34-19-18-31(41(45,46)47)23-33(34)37-27(3)39(42)49-25-48-37)26(2)38(40(5,6)7)52(9)51(8)24-30-17-16-29(35(43)36(30)44)15-14-22-53-20-12-11-13-21-53/h10,16-19,23,25,38,50H,1,4,11-15,20-22,24H2,2-3,5-9H3/b32-26+. The van der Waals surface area contributed by atoms with Crippen molar-refractivity contribution in [3.63, 3.8) is 0 Å². The summed E-state index contributed by atoms with van der Waals surface area (Å²) >= 11 is 6.23. The van der Waals surface area contributed by atoms with E-state index in [1.54, 1.807) is 25.1 Å². The summed E-state index contributed by atoms with van der Waals surface area (Å²) in [6, 6.07) is 6.42. The molecule has 0 radical (unpaired) electrons. The summed E-state index contributed by atoms with van der Waals surface area (Å²) in [6.45, 7) is 21.2. The van der Waals surface area contributed by atoms with Crippen molar-refractivity contribution in [3.8, 4) is 11.3 Å². The Labute approximate surface area is 316 Å². The zero-order chi connectivity index (χ0) is 39.2. The number of aromatic nitrogens is 2. The van der Waals surface area contributed by atoms with Gasteiger partial charge in [-0.3, -0.25) is 0 Å². The van der Waals surface area contributed by atoms with E-state index < -0.39 is 23.4 Å². The third-order valence-electron chi connectivity index (χ3n) is 10.0. The molecule has 2 aromatic carbocycles. The molecule has 0 amide bonds. The number of hydrazine groups is 1. The number of benzene rings is 2. The minimum Gasteiger partial charge on any atom is -0.355 e. The number of likely N-dealkylation sites (tertiary alicyclic amines) is 1. The molecule has 0 bridgehead atoms. The van der Waals surface area contributed by atoms with Crippen LogP contribution >= 0.6 is 11.6 Å². The number of hydrogen-bond donors (Lipinski definition) is 1. The van der Waals surface area contributed by atoms with E-state index in [1.807, 2.05) is 31.0 Å². The van der Waals surface area contributed by atoms with Gasteiger partial charge in [-0.25, -0.2) is 28.8 Å². The van der Waals surface area contributed by atoms with Gasteiger partial charge in [0.1, 0.15) is 11.5 Å². The highest BCUT2D eigenvalue weighted by atomic mass is 35.5. The molecule has 1 aliphatic rings. The number of alkyl halides is 3. The van der Waals surface area contributed by atoms with E-state index >= 15 is 8.78 Å². The zero-order valence-corrected chi connectivity index (χ0v) is 32.7. The van der Waals surface area contributed by atoms with Gasteiger partial charge in [-0.1, -0.05) is 70.2 Å². The van der Waals surface area contributed by atoms with E-state index in [0.29, 0.717) is 34.5 Å². The van der Waals surface area contributed by atoms with E-state index in [2.05, 4.69) is 54.1 Å². The Hall–Kier alpha value is -3.64. The molecule has 1 unspecified atom stereocenters. The first kappa shape index (κ1) is 42.1. The van der Waals surface area contributed by atoms with E-state index in [0.717, 1.165) is 43.8 Å². The van der Waals surface area contributed by atoms with Gasteiger partial charge in [0.2, 0.25) is 0 Å². The second kappa shape index (κ2) is 17.7. The predicted octanol–water partition coefficient (Wildman–Crippen LogP) is 10.6. The van der Waals surface area contributed by atoms with Crippen molar-refractivity contribution < 1.29 is 22.0 Å². The van der Waals surface area contributed by atoms with Crippen LogP contribution in [-0.2, 0) is 19.1 Å². The molecule has 2 heterocycles. The molecule has 0 saturated carbocycles. The molecular formula is C41H52ClF5N6. The first-order valence-corrected chi connectivity index (χ1v) is 18.3. The maximum absolute atomic E-state index is 15.5. The van der Waals surface area contributed by atoms with Crippen molar-refractivity contribution in [3.05, 3.63) is 112 Å². The van der Waals surface area contributed by atoms with E-state index in [-0.39, 0.29) is 40.0 Å². The number of halogens is 6. The number of aryl methyl sites for hydroxylation is 1. The molecule has 1 saturated heterocycles. The molecule has 288 valence electrons. The first-order chi connectivity index (χ1) is 24.8. The van der Waals surface area contributed by atoms with Crippen LogP contribution in [0.25, 0.3) is 11.3 Å². The lowest BCUT2D eigenvalue weighted by molar-refractivity contribution is -0.137. The summed E-state index contributed by atoms with van der Waals surface area (Å²) in [5.74, 6) is -1.63. The van der Waals surface area contributed by atoms with Gasteiger partial charge < -0.3 is 10.2 Å². The smallest absolute Gasteiger partial charge is 0.355 e. The van der Waals surface area contributed by atoms with Crippen LogP contribution in [0, 0.1) is 24.0 Å². The van der Waals surface area contributed by atoms with Crippen molar-refractivity contribution in [2.24, 2.45) is 5.41 Å². The lowest BCUT2D eigenvalue weighted by Gasteiger charge is -2.44. The Bertz CT molecular complexity index is 1810. The largest absolute Gasteiger partial charge is 0.416 e. The fourth-order valence-electron chi connectivity index (χ4n) is 7.29. The van der Waals surface area contributed by atoms with Crippen molar-refractivity contribution >= 4 is 17.3 Å². The van der Waals surface area contributed by atoms with Gasteiger partial charge in [0.05, 0.1) is 17.3 Å². The molecule has 4 rings (SSSR count). The molecule has 12 heteroatoms. The highest BCUT2D eigenvalue weighted by Gasteiger charge is 2.35. The summed E-state index contributed by atoms with van der Waals surface area (Å²) in [5.41, 5.74) is 2.48. The first-order valence-electron chi connectivity index (χ1n) is 17.9. The molecule has 0 aliphatic carbocycles. The number of piperidine rings is 1. The highest BCUT2D eigenvalue weighted by Crippen LogP contribution is 2.39. The number of anilines is 1. The molecule has 1 N–H and O–H groups in total. The Morgan fingerprint density at radius 3 is 2.28 bits per heavy atom. The van der Waals surface area contributed by atoms with Crippen molar-refractivity contribution in [2.75, 3.05) is 39.0 Å². The Balaban J connectivity index is 1.58. The van der Waals surface area contributed by atoms with Crippen LogP contribution in [0.2, 0.25) is 5.15 Å². The van der Waals surface area contributed by atoms with Gasteiger partial charge in [-0.15, -0.1) is 0 Å². The van der Waals surface area contributed by atoms with E-state index in [4.69, 9.17) is 11.6 Å². The average Bonchev–Trinajstić information content (AvgIpc) is 3.09. The quantitative estimate of drug-likeness (QED) is 0.0765. The lowest BCUT2D eigenvalue weighted by Crippen LogP contribution is -2.50. The molecule has 1 aromatic heterocycles. The number of nitrogens with zero attached hydrogens (tertiary/aromatic N) is 5. The van der Waals surface area contributed by atoms with Crippen LogP contribution in [0.5, 0.6) is 0 Å². The number of allylic oxidation sites excluding steroid dienone is 1. The number of hydrogen-bond acceptors (Lipinski definition) is 6. The SMILES string of the molecule is C=C/C(C(=C)Nc1ccc(C(F)(F)F)cc1-c1ncnc(Cl)c1C)=C(/C)C(N(C)N(C)Cc1ccc(CCCN2CCCCC2)c(F)c1F)C(C)(C)C.